The molecule has 0 radical (unpaired) electrons. The Bertz CT molecular complexity index is 846. The predicted molar refractivity (Wildman–Crippen MR) is 91.9 cm³/mol. The second-order valence-corrected chi connectivity index (χ2v) is 5.45. The lowest BCUT2D eigenvalue weighted by Gasteiger charge is -2.13. The standard InChI is InChI=1S/C17H15ClF2N2O4/c1-25-14-7-13(15(26-2)6-10(14)18)22-16(23)8-21-17(24)9-3-4-11(19)12(20)5-9/h3-7H,8H2,1-2H3,(H,21,24)(H,22,23). The predicted octanol–water partition coefficient (Wildman–Crippen LogP) is 3.00. The molecule has 0 saturated heterocycles. The van der Waals surface area contributed by atoms with Gasteiger partial charge in [0.2, 0.25) is 5.91 Å². The number of anilines is 1. The van der Waals surface area contributed by atoms with Crippen LogP contribution in [-0.4, -0.2) is 32.6 Å². The summed E-state index contributed by atoms with van der Waals surface area (Å²) in [5.41, 5.74) is 0.184. The number of ether oxygens (including phenoxy) is 2. The van der Waals surface area contributed by atoms with Gasteiger partial charge in [0.25, 0.3) is 5.91 Å². The van der Waals surface area contributed by atoms with Gasteiger partial charge >= 0.3 is 0 Å². The molecule has 138 valence electrons. The van der Waals surface area contributed by atoms with Gasteiger partial charge in [0.1, 0.15) is 11.5 Å². The molecule has 2 aromatic rings. The lowest BCUT2D eigenvalue weighted by atomic mass is 10.2. The first kappa shape index (κ1) is 19.5. The van der Waals surface area contributed by atoms with Gasteiger partial charge in [0.15, 0.2) is 11.6 Å². The smallest absolute Gasteiger partial charge is 0.251 e. The topological polar surface area (TPSA) is 76.7 Å². The second-order valence-electron chi connectivity index (χ2n) is 5.05. The van der Waals surface area contributed by atoms with Crippen LogP contribution < -0.4 is 20.1 Å². The van der Waals surface area contributed by atoms with E-state index in [4.69, 9.17) is 21.1 Å². The molecule has 0 unspecified atom stereocenters. The fourth-order valence-corrected chi connectivity index (χ4v) is 2.28. The van der Waals surface area contributed by atoms with Gasteiger partial charge in [-0.15, -0.1) is 0 Å². The molecule has 0 aliphatic heterocycles. The maximum Gasteiger partial charge on any atom is 0.251 e. The normalized spacial score (nSPS) is 10.2. The summed E-state index contributed by atoms with van der Waals surface area (Å²) in [5, 5.41) is 5.14. The molecule has 2 N–H and O–H groups in total. The third-order valence-electron chi connectivity index (χ3n) is 3.34. The monoisotopic (exact) mass is 384 g/mol. The van der Waals surface area contributed by atoms with E-state index in [0.717, 1.165) is 18.2 Å². The van der Waals surface area contributed by atoms with Crippen LogP contribution in [0.2, 0.25) is 5.02 Å². The van der Waals surface area contributed by atoms with Crippen molar-refractivity contribution >= 4 is 29.1 Å². The van der Waals surface area contributed by atoms with Gasteiger partial charge in [-0.1, -0.05) is 11.6 Å². The van der Waals surface area contributed by atoms with Crippen LogP contribution in [0.25, 0.3) is 0 Å². The van der Waals surface area contributed by atoms with Gasteiger partial charge in [-0.3, -0.25) is 9.59 Å². The summed E-state index contributed by atoms with van der Waals surface area (Å²) in [7, 11) is 2.82. The second kappa shape index (κ2) is 8.48. The van der Waals surface area contributed by atoms with Gasteiger partial charge in [0.05, 0.1) is 31.5 Å². The molecule has 0 aliphatic carbocycles. The average Bonchev–Trinajstić information content (AvgIpc) is 2.62. The first-order chi connectivity index (χ1) is 12.3. The highest BCUT2D eigenvalue weighted by Crippen LogP contribution is 2.35. The largest absolute Gasteiger partial charge is 0.495 e. The van der Waals surface area contributed by atoms with E-state index >= 15 is 0 Å². The van der Waals surface area contributed by atoms with Crippen molar-refractivity contribution < 1.29 is 27.8 Å². The summed E-state index contributed by atoms with van der Waals surface area (Å²) in [4.78, 5) is 23.9. The molecule has 26 heavy (non-hydrogen) atoms. The number of methoxy groups -OCH3 is 2. The Balaban J connectivity index is 2.02. The minimum absolute atomic E-state index is 0.109. The van der Waals surface area contributed by atoms with Crippen LogP contribution in [-0.2, 0) is 4.79 Å². The van der Waals surface area contributed by atoms with Gasteiger partial charge in [-0.25, -0.2) is 8.78 Å². The number of nitrogens with one attached hydrogen (secondary N) is 2. The van der Waals surface area contributed by atoms with E-state index < -0.39 is 30.0 Å². The third-order valence-corrected chi connectivity index (χ3v) is 3.63. The van der Waals surface area contributed by atoms with Crippen molar-refractivity contribution in [2.75, 3.05) is 26.1 Å². The van der Waals surface area contributed by atoms with Crippen LogP contribution in [0.15, 0.2) is 30.3 Å². The maximum absolute atomic E-state index is 13.1. The summed E-state index contributed by atoms with van der Waals surface area (Å²) in [6.07, 6.45) is 0. The molecule has 9 heteroatoms. The fourth-order valence-electron chi connectivity index (χ4n) is 2.05. The van der Waals surface area contributed by atoms with E-state index in [0.29, 0.717) is 22.2 Å². The summed E-state index contributed by atoms with van der Waals surface area (Å²) in [6, 6.07) is 5.62. The highest BCUT2D eigenvalue weighted by molar-refractivity contribution is 6.32. The Morgan fingerprint density at radius 1 is 1.04 bits per heavy atom. The van der Waals surface area contributed by atoms with Crippen molar-refractivity contribution in [2.45, 2.75) is 0 Å². The number of hydrogen-bond acceptors (Lipinski definition) is 4. The molecule has 0 spiro atoms. The van der Waals surface area contributed by atoms with Gasteiger partial charge in [-0.05, 0) is 18.2 Å². The quantitative estimate of drug-likeness (QED) is 0.802. The number of carbonyl (C=O) groups is 2. The SMILES string of the molecule is COc1cc(NC(=O)CNC(=O)c2ccc(F)c(F)c2)c(OC)cc1Cl. The van der Waals surface area contributed by atoms with Crippen molar-refractivity contribution in [1.29, 1.82) is 0 Å². The van der Waals surface area contributed by atoms with E-state index in [1.165, 1.54) is 26.4 Å². The van der Waals surface area contributed by atoms with E-state index in [9.17, 15) is 18.4 Å². The van der Waals surface area contributed by atoms with Crippen LogP contribution in [0, 0.1) is 11.6 Å². The Kier molecular flexibility index (Phi) is 6.35. The summed E-state index contributed by atoms with van der Waals surface area (Å²) >= 11 is 5.98. The van der Waals surface area contributed by atoms with E-state index in [1.54, 1.807) is 0 Å². The zero-order valence-electron chi connectivity index (χ0n) is 13.9. The fraction of sp³-hybridized carbons (Fsp3) is 0.176. The molecular formula is C17H15ClF2N2O4. The van der Waals surface area contributed by atoms with Crippen molar-refractivity contribution in [1.82, 2.24) is 5.32 Å². The van der Waals surface area contributed by atoms with Crippen molar-refractivity contribution in [3.8, 4) is 11.5 Å². The lowest BCUT2D eigenvalue weighted by Crippen LogP contribution is -2.33. The molecule has 2 amide bonds. The van der Waals surface area contributed by atoms with Crippen molar-refractivity contribution in [3.05, 3.63) is 52.6 Å². The summed E-state index contributed by atoms with van der Waals surface area (Å²) in [6.45, 7) is -0.397. The number of benzene rings is 2. The van der Waals surface area contributed by atoms with Crippen LogP contribution in [0.3, 0.4) is 0 Å². The van der Waals surface area contributed by atoms with Gasteiger partial charge in [-0.2, -0.15) is 0 Å². The molecule has 6 nitrogen and oxygen atoms in total. The van der Waals surface area contributed by atoms with Crippen LogP contribution in [0.5, 0.6) is 11.5 Å². The van der Waals surface area contributed by atoms with E-state index in [-0.39, 0.29) is 5.56 Å². The maximum atomic E-state index is 13.1. The average molecular weight is 385 g/mol. The van der Waals surface area contributed by atoms with Crippen molar-refractivity contribution in [2.24, 2.45) is 0 Å². The number of carbonyl (C=O) groups excluding carboxylic acids is 2. The minimum atomic E-state index is -1.15. The van der Waals surface area contributed by atoms with Gasteiger partial charge in [0, 0.05) is 17.7 Å². The minimum Gasteiger partial charge on any atom is -0.495 e. The molecule has 0 saturated carbocycles. The molecule has 0 aliphatic rings. The first-order valence-electron chi connectivity index (χ1n) is 7.30. The summed E-state index contributed by atoms with van der Waals surface area (Å²) in [5.74, 6) is -2.88. The summed E-state index contributed by atoms with van der Waals surface area (Å²) < 4.78 is 36.2. The van der Waals surface area contributed by atoms with Crippen LogP contribution >= 0.6 is 11.6 Å². The van der Waals surface area contributed by atoms with Crippen LogP contribution in [0.4, 0.5) is 14.5 Å². The third kappa shape index (κ3) is 4.60. The lowest BCUT2D eigenvalue weighted by molar-refractivity contribution is -0.115. The van der Waals surface area contributed by atoms with Crippen LogP contribution in [0.1, 0.15) is 10.4 Å². The molecule has 0 aromatic heterocycles. The Morgan fingerprint density at radius 2 is 1.73 bits per heavy atom. The molecule has 0 bridgehead atoms. The Labute approximate surface area is 153 Å². The van der Waals surface area contributed by atoms with Crippen molar-refractivity contribution in [3.63, 3.8) is 0 Å². The molecule has 2 aromatic carbocycles. The molecule has 0 atom stereocenters. The Hall–Kier alpha value is -2.87. The molecule has 2 rings (SSSR count). The van der Waals surface area contributed by atoms with Gasteiger partial charge < -0.3 is 20.1 Å². The molecule has 0 fully saturated rings. The zero-order chi connectivity index (χ0) is 19.3. The highest BCUT2D eigenvalue weighted by Gasteiger charge is 2.14. The zero-order valence-corrected chi connectivity index (χ0v) is 14.6. The number of rotatable bonds is 6. The van der Waals surface area contributed by atoms with E-state index in [1.807, 2.05) is 0 Å². The highest BCUT2D eigenvalue weighted by atomic mass is 35.5. The number of hydrogen-bond donors (Lipinski definition) is 2. The number of amides is 2. The first-order valence-corrected chi connectivity index (χ1v) is 7.68. The Morgan fingerprint density at radius 3 is 2.35 bits per heavy atom. The molecular weight excluding hydrogens is 370 g/mol. The van der Waals surface area contributed by atoms with E-state index in [2.05, 4.69) is 10.6 Å². The number of halogens is 3. The molecule has 0 heterocycles.